The highest BCUT2D eigenvalue weighted by molar-refractivity contribution is 9.10. The van der Waals surface area contributed by atoms with Crippen molar-refractivity contribution in [2.75, 3.05) is 26.3 Å². The average molecular weight is 365 g/mol. The summed E-state index contributed by atoms with van der Waals surface area (Å²) >= 11 is 3.29. The number of sulfonamides is 1. The Morgan fingerprint density at radius 3 is 2.70 bits per heavy atom. The minimum Gasteiger partial charge on any atom is -0.380 e. The summed E-state index contributed by atoms with van der Waals surface area (Å²) in [6.07, 6.45) is 0. The van der Waals surface area contributed by atoms with Crippen LogP contribution in [0.15, 0.2) is 27.6 Å². The van der Waals surface area contributed by atoms with E-state index in [1.54, 1.807) is 12.1 Å². The second-order valence-electron chi connectivity index (χ2n) is 4.14. The van der Waals surface area contributed by atoms with Crippen LogP contribution in [0.4, 0.5) is 0 Å². The van der Waals surface area contributed by atoms with Gasteiger partial charge in [-0.2, -0.15) is 0 Å². The van der Waals surface area contributed by atoms with Gasteiger partial charge >= 0.3 is 0 Å². The Labute approximate surface area is 129 Å². The average Bonchev–Trinajstić information content (AvgIpc) is 2.42. The topological polar surface area (TPSA) is 67.4 Å². The van der Waals surface area contributed by atoms with E-state index in [1.165, 1.54) is 0 Å². The molecule has 0 saturated heterocycles. The zero-order chi connectivity index (χ0) is 15.0. The summed E-state index contributed by atoms with van der Waals surface area (Å²) in [4.78, 5) is 0.254. The number of rotatable bonds is 9. The number of hydrogen-bond donors (Lipinski definition) is 2. The van der Waals surface area contributed by atoms with Crippen LogP contribution in [0.5, 0.6) is 0 Å². The van der Waals surface area contributed by atoms with E-state index in [1.807, 2.05) is 19.9 Å². The largest absolute Gasteiger partial charge is 0.380 e. The van der Waals surface area contributed by atoms with Crippen LogP contribution >= 0.6 is 15.9 Å². The zero-order valence-corrected chi connectivity index (χ0v) is 14.2. The highest BCUT2D eigenvalue weighted by Gasteiger charge is 2.17. The fourth-order valence-corrected chi connectivity index (χ4v) is 3.63. The van der Waals surface area contributed by atoms with Crippen molar-refractivity contribution >= 4 is 26.0 Å². The molecule has 0 amide bonds. The Hall–Kier alpha value is -0.470. The molecule has 0 saturated carbocycles. The first-order valence-electron chi connectivity index (χ1n) is 6.57. The number of nitrogens with one attached hydrogen (secondary N) is 2. The lowest BCUT2D eigenvalue weighted by Crippen LogP contribution is -2.28. The van der Waals surface area contributed by atoms with Crippen LogP contribution in [-0.4, -0.2) is 34.7 Å². The lowest BCUT2D eigenvalue weighted by Gasteiger charge is -2.10. The molecule has 0 unspecified atom stereocenters. The van der Waals surface area contributed by atoms with Crippen molar-refractivity contribution < 1.29 is 13.2 Å². The Kier molecular flexibility index (Phi) is 7.68. The summed E-state index contributed by atoms with van der Waals surface area (Å²) in [5.41, 5.74) is 0.931. The van der Waals surface area contributed by atoms with E-state index < -0.39 is 10.0 Å². The highest BCUT2D eigenvalue weighted by atomic mass is 79.9. The van der Waals surface area contributed by atoms with E-state index in [9.17, 15) is 8.42 Å². The second kappa shape index (κ2) is 8.74. The molecule has 0 bridgehead atoms. The minimum absolute atomic E-state index is 0.254. The summed E-state index contributed by atoms with van der Waals surface area (Å²) in [7, 11) is -3.52. The van der Waals surface area contributed by atoms with Gasteiger partial charge in [-0.25, -0.2) is 13.1 Å². The predicted molar refractivity (Wildman–Crippen MR) is 83.2 cm³/mol. The monoisotopic (exact) mass is 364 g/mol. The van der Waals surface area contributed by atoms with Gasteiger partial charge < -0.3 is 10.1 Å². The Balaban J connectivity index is 2.81. The van der Waals surface area contributed by atoms with Gasteiger partial charge in [-0.3, -0.25) is 0 Å². The van der Waals surface area contributed by atoms with Gasteiger partial charge in [0.15, 0.2) is 0 Å². The molecule has 1 aromatic rings. The summed E-state index contributed by atoms with van der Waals surface area (Å²) in [6, 6.07) is 5.32. The van der Waals surface area contributed by atoms with Crippen molar-refractivity contribution in [1.82, 2.24) is 10.0 Å². The summed E-state index contributed by atoms with van der Waals surface area (Å²) in [5.74, 6) is 0. The summed E-state index contributed by atoms with van der Waals surface area (Å²) < 4.78 is 32.7. The number of ether oxygens (including phenoxy) is 1. The van der Waals surface area contributed by atoms with Gasteiger partial charge in [-0.05, 0) is 47.1 Å². The molecule has 0 radical (unpaired) electrons. The van der Waals surface area contributed by atoms with Crippen LogP contribution in [0.2, 0.25) is 0 Å². The number of hydrogen-bond acceptors (Lipinski definition) is 4. The summed E-state index contributed by atoms with van der Waals surface area (Å²) in [6.45, 7) is 6.56. The van der Waals surface area contributed by atoms with E-state index >= 15 is 0 Å². The van der Waals surface area contributed by atoms with Crippen LogP contribution in [0, 0.1) is 0 Å². The molecule has 0 aliphatic rings. The summed E-state index contributed by atoms with van der Waals surface area (Å²) in [5, 5.41) is 3.17. The first kappa shape index (κ1) is 17.6. The van der Waals surface area contributed by atoms with Crippen LogP contribution in [0.25, 0.3) is 0 Å². The quantitative estimate of drug-likeness (QED) is 0.656. The molecule has 114 valence electrons. The molecule has 1 aromatic carbocycles. The third kappa shape index (κ3) is 5.49. The van der Waals surface area contributed by atoms with Crippen molar-refractivity contribution in [3.8, 4) is 0 Å². The van der Waals surface area contributed by atoms with Crippen molar-refractivity contribution in [2.45, 2.75) is 25.3 Å². The van der Waals surface area contributed by atoms with Crippen LogP contribution in [0.1, 0.15) is 19.4 Å². The predicted octanol–water partition coefficient (Wildman–Crippen LogP) is 1.87. The lowest BCUT2D eigenvalue weighted by atomic mass is 10.2. The third-order valence-corrected chi connectivity index (χ3v) is 5.06. The van der Waals surface area contributed by atoms with Crippen molar-refractivity contribution in [1.29, 1.82) is 0 Å². The van der Waals surface area contributed by atoms with Crippen molar-refractivity contribution in [2.24, 2.45) is 0 Å². The third-order valence-electron chi connectivity index (χ3n) is 2.61. The standard InChI is InChI=1S/C13H21BrN2O3S/c1-3-15-10-11-5-6-12(14)13(9-11)20(17,18)16-7-8-19-4-2/h5-6,9,15-16H,3-4,7-8,10H2,1-2H3. The maximum atomic E-state index is 12.2. The molecular formula is C13H21BrN2O3S. The van der Waals surface area contributed by atoms with Crippen LogP contribution in [0.3, 0.4) is 0 Å². The molecule has 0 aromatic heterocycles. The molecule has 0 heterocycles. The molecule has 0 atom stereocenters. The highest BCUT2D eigenvalue weighted by Crippen LogP contribution is 2.23. The van der Waals surface area contributed by atoms with Gasteiger partial charge in [-0.15, -0.1) is 0 Å². The fourth-order valence-electron chi connectivity index (χ4n) is 1.60. The van der Waals surface area contributed by atoms with E-state index in [0.717, 1.165) is 12.1 Å². The van der Waals surface area contributed by atoms with Gasteiger partial charge in [0.25, 0.3) is 0 Å². The Morgan fingerprint density at radius 1 is 1.30 bits per heavy atom. The van der Waals surface area contributed by atoms with Gasteiger partial charge in [0, 0.05) is 24.2 Å². The van der Waals surface area contributed by atoms with E-state index in [0.29, 0.717) is 24.2 Å². The van der Waals surface area contributed by atoms with Gasteiger partial charge in [-0.1, -0.05) is 13.0 Å². The first-order valence-corrected chi connectivity index (χ1v) is 8.85. The van der Waals surface area contributed by atoms with Crippen LogP contribution in [-0.2, 0) is 21.3 Å². The molecule has 0 fully saturated rings. The maximum Gasteiger partial charge on any atom is 0.241 e. The van der Waals surface area contributed by atoms with Gasteiger partial charge in [0.2, 0.25) is 10.0 Å². The Morgan fingerprint density at radius 2 is 2.05 bits per heavy atom. The molecule has 5 nitrogen and oxygen atoms in total. The molecule has 2 N–H and O–H groups in total. The van der Waals surface area contributed by atoms with Crippen LogP contribution < -0.4 is 10.0 Å². The smallest absolute Gasteiger partial charge is 0.241 e. The first-order chi connectivity index (χ1) is 9.51. The normalized spacial score (nSPS) is 11.8. The second-order valence-corrected chi connectivity index (χ2v) is 6.73. The number of benzene rings is 1. The molecule has 0 spiro atoms. The molecule has 7 heteroatoms. The fraction of sp³-hybridized carbons (Fsp3) is 0.538. The molecule has 0 aliphatic heterocycles. The zero-order valence-electron chi connectivity index (χ0n) is 11.8. The Bertz CT molecular complexity index is 520. The van der Waals surface area contributed by atoms with E-state index in [-0.39, 0.29) is 11.4 Å². The molecule has 0 aliphatic carbocycles. The van der Waals surface area contributed by atoms with E-state index in [4.69, 9.17) is 4.74 Å². The molecular weight excluding hydrogens is 344 g/mol. The van der Waals surface area contributed by atoms with E-state index in [2.05, 4.69) is 26.0 Å². The van der Waals surface area contributed by atoms with Gasteiger partial charge in [0.1, 0.15) is 0 Å². The SMILES string of the molecule is CCNCc1ccc(Br)c(S(=O)(=O)NCCOCC)c1. The van der Waals surface area contributed by atoms with Crippen molar-refractivity contribution in [3.05, 3.63) is 28.2 Å². The minimum atomic E-state index is -3.52. The molecule has 20 heavy (non-hydrogen) atoms. The maximum absolute atomic E-state index is 12.2. The number of halogens is 1. The molecule has 1 rings (SSSR count). The van der Waals surface area contributed by atoms with Gasteiger partial charge in [0.05, 0.1) is 11.5 Å². The lowest BCUT2D eigenvalue weighted by molar-refractivity contribution is 0.153. The van der Waals surface area contributed by atoms with Crippen molar-refractivity contribution in [3.63, 3.8) is 0 Å².